The predicted octanol–water partition coefficient (Wildman–Crippen LogP) is 3.11. The molecule has 0 radical (unpaired) electrons. The molecule has 1 aromatic rings. The molecule has 1 aromatic carbocycles. The molecule has 0 saturated carbocycles. The Hall–Kier alpha value is -1.84. The quantitative estimate of drug-likeness (QED) is 0.802. The molecule has 4 nitrogen and oxygen atoms in total. The van der Waals surface area contributed by atoms with E-state index in [-0.39, 0.29) is 12.2 Å². The Balaban J connectivity index is 3.06. The normalized spacial score (nSPS) is 12.3. The van der Waals surface area contributed by atoms with Crippen molar-refractivity contribution < 1.29 is 19.4 Å². The van der Waals surface area contributed by atoms with E-state index < -0.39 is 11.9 Å². The van der Waals surface area contributed by atoms with Gasteiger partial charge in [0.25, 0.3) is 0 Å². The first-order valence-corrected chi connectivity index (χ1v) is 6.30. The second-order valence-electron chi connectivity index (χ2n) is 4.98. The van der Waals surface area contributed by atoms with Crippen LogP contribution in [0.1, 0.15) is 49.0 Å². The predicted molar refractivity (Wildman–Crippen MR) is 72.8 cm³/mol. The molecule has 1 atom stereocenters. The Morgan fingerprint density at radius 2 is 1.89 bits per heavy atom. The molecule has 0 aliphatic rings. The van der Waals surface area contributed by atoms with Gasteiger partial charge in [-0.05, 0) is 23.6 Å². The van der Waals surface area contributed by atoms with Crippen molar-refractivity contribution in [3.63, 3.8) is 0 Å². The molecule has 0 saturated heterocycles. The summed E-state index contributed by atoms with van der Waals surface area (Å²) >= 11 is 0. The lowest BCUT2D eigenvalue weighted by molar-refractivity contribution is -0.137. The molecule has 0 bridgehead atoms. The maximum Gasteiger partial charge on any atom is 0.304 e. The Morgan fingerprint density at radius 1 is 1.26 bits per heavy atom. The molecule has 0 amide bonds. The summed E-state index contributed by atoms with van der Waals surface area (Å²) in [6.07, 6.45) is -0.173. The Labute approximate surface area is 113 Å². The van der Waals surface area contributed by atoms with Gasteiger partial charge in [-0.2, -0.15) is 0 Å². The molecule has 0 aromatic heterocycles. The smallest absolute Gasteiger partial charge is 0.304 e. The number of benzene rings is 1. The second-order valence-corrected chi connectivity index (χ2v) is 4.98. The van der Waals surface area contributed by atoms with Crippen molar-refractivity contribution in [2.75, 3.05) is 7.11 Å². The van der Waals surface area contributed by atoms with Gasteiger partial charge in [-0.1, -0.05) is 26.8 Å². The second kappa shape index (κ2) is 6.36. The summed E-state index contributed by atoms with van der Waals surface area (Å²) in [5, 5.41) is 8.74. The number of ether oxygens (including phenoxy) is 1. The van der Waals surface area contributed by atoms with Crippen LogP contribution in [-0.2, 0) is 4.79 Å². The number of Topliss-reactive ketones (excluding diaryl/α,β-unsaturated/α-hetero) is 1. The van der Waals surface area contributed by atoms with Crippen LogP contribution in [0.4, 0.5) is 0 Å². The van der Waals surface area contributed by atoms with E-state index in [4.69, 9.17) is 9.84 Å². The maximum atomic E-state index is 12.2. The van der Waals surface area contributed by atoms with Crippen LogP contribution in [0.25, 0.3) is 0 Å². The van der Waals surface area contributed by atoms with Gasteiger partial charge in [-0.15, -0.1) is 0 Å². The largest absolute Gasteiger partial charge is 0.496 e. The van der Waals surface area contributed by atoms with E-state index >= 15 is 0 Å². The minimum atomic E-state index is -0.974. The van der Waals surface area contributed by atoms with Crippen LogP contribution in [0.15, 0.2) is 18.2 Å². The highest BCUT2D eigenvalue weighted by molar-refractivity contribution is 6.01. The molecule has 1 rings (SSSR count). The number of carbonyl (C=O) groups is 2. The first-order valence-electron chi connectivity index (χ1n) is 6.30. The fraction of sp³-hybridized carbons (Fsp3) is 0.467. The fourth-order valence-electron chi connectivity index (χ4n) is 1.89. The highest BCUT2D eigenvalue weighted by Gasteiger charge is 2.21. The lowest BCUT2D eigenvalue weighted by Crippen LogP contribution is -2.16. The lowest BCUT2D eigenvalue weighted by atomic mass is 9.93. The van der Waals surface area contributed by atoms with Gasteiger partial charge in [0.1, 0.15) is 5.75 Å². The number of carbonyl (C=O) groups excluding carboxylic acids is 1. The lowest BCUT2D eigenvalue weighted by Gasteiger charge is -2.14. The van der Waals surface area contributed by atoms with Gasteiger partial charge in [0, 0.05) is 5.92 Å². The highest BCUT2D eigenvalue weighted by atomic mass is 16.5. The molecular formula is C15H20O4. The van der Waals surface area contributed by atoms with Gasteiger partial charge in [0.05, 0.1) is 19.1 Å². The van der Waals surface area contributed by atoms with Crippen LogP contribution in [0.5, 0.6) is 5.75 Å². The van der Waals surface area contributed by atoms with Gasteiger partial charge in [0.15, 0.2) is 5.78 Å². The summed E-state index contributed by atoms with van der Waals surface area (Å²) in [5.41, 5.74) is 1.53. The molecule has 0 fully saturated rings. The van der Waals surface area contributed by atoms with Crippen LogP contribution in [0.2, 0.25) is 0 Å². The summed E-state index contributed by atoms with van der Waals surface area (Å²) in [4.78, 5) is 22.9. The molecule has 1 unspecified atom stereocenters. The Bertz CT molecular complexity index is 477. The molecule has 4 heteroatoms. The molecule has 104 valence electrons. The zero-order valence-corrected chi connectivity index (χ0v) is 11.8. The number of carboxylic acids is 1. The zero-order chi connectivity index (χ0) is 14.6. The average molecular weight is 264 g/mol. The van der Waals surface area contributed by atoms with E-state index in [1.807, 2.05) is 12.1 Å². The number of rotatable bonds is 6. The standard InChI is InChI=1S/C15H20O4/c1-9(2)11-5-6-12(13(8-11)19-4)15(18)10(3)7-14(16)17/h5-6,8-10H,7H2,1-4H3,(H,16,17). The fourth-order valence-corrected chi connectivity index (χ4v) is 1.89. The monoisotopic (exact) mass is 264 g/mol. The van der Waals surface area contributed by atoms with Crippen molar-refractivity contribution in [3.8, 4) is 5.75 Å². The van der Waals surface area contributed by atoms with Crippen molar-refractivity contribution in [1.82, 2.24) is 0 Å². The van der Waals surface area contributed by atoms with Crippen LogP contribution in [-0.4, -0.2) is 24.0 Å². The Kier molecular flexibility index (Phi) is 5.10. The minimum Gasteiger partial charge on any atom is -0.496 e. The average Bonchev–Trinajstić information content (AvgIpc) is 2.36. The molecule has 0 heterocycles. The SMILES string of the molecule is COc1cc(C(C)C)ccc1C(=O)C(C)CC(=O)O. The van der Waals surface area contributed by atoms with Gasteiger partial charge < -0.3 is 9.84 Å². The van der Waals surface area contributed by atoms with Crippen LogP contribution >= 0.6 is 0 Å². The van der Waals surface area contributed by atoms with E-state index in [1.54, 1.807) is 13.0 Å². The zero-order valence-electron chi connectivity index (χ0n) is 11.8. The van der Waals surface area contributed by atoms with Crippen molar-refractivity contribution in [3.05, 3.63) is 29.3 Å². The van der Waals surface area contributed by atoms with Crippen molar-refractivity contribution in [2.24, 2.45) is 5.92 Å². The number of aliphatic carboxylic acids is 1. The van der Waals surface area contributed by atoms with Crippen LogP contribution < -0.4 is 4.74 Å². The molecule has 19 heavy (non-hydrogen) atoms. The number of hydrogen-bond acceptors (Lipinski definition) is 3. The van der Waals surface area contributed by atoms with E-state index in [1.165, 1.54) is 7.11 Å². The first kappa shape index (κ1) is 15.2. The number of ketones is 1. The summed E-state index contributed by atoms with van der Waals surface area (Å²) < 4.78 is 5.24. The molecule has 0 spiro atoms. The minimum absolute atomic E-state index is 0.173. The first-order chi connectivity index (χ1) is 8.86. The summed E-state index contributed by atoms with van der Waals surface area (Å²) in [5.74, 6) is -0.882. The number of methoxy groups -OCH3 is 1. The summed E-state index contributed by atoms with van der Waals surface area (Å²) in [7, 11) is 1.51. The van der Waals surface area contributed by atoms with Crippen molar-refractivity contribution >= 4 is 11.8 Å². The number of hydrogen-bond donors (Lipinski definition) is 1. The molecule has 0 aliphatic heterocycles. The third-order valence-corrected chi connectivity index (χ3v) is 3.09. The van der Waals surface area contributed by atoms with Crippen molar-refractivity contribution in [1.29, 1.82) is 0 Å². The molecule has 0 aliphatic carbocycles. The number of carboxylic acid groups (broad SMARTS) is 1. The van der Waals surface area contributed by atoms with E-state index in [2.05, 4.69) is 13.8 Å². The third kappa shape index (κ3) is 3.81. The Morgan fingerprint density at radius 3 is 2.37 bits per heavy atom. The van der Waals surface area contributed by atoms with Gasteiger partial charge in [-0.25, -0.2) is 0 Å². The van der Waals surface area contributed by atoms with Crippen LogP contribution in [0, 0.1) is 5.92 Å². The molecule has 1 N–H and O–H groups in total. The molecular weight excluding hydrogens is 244 g/mol. The van der Waals surface area contributed by atoms with Gasteiger partial charge >= 0.3 is 5.97 Å². The van der Waals surface area contributed by atoms with E-state index in [9.17, 15) is 9.59 Å². The van der Waals surface area contributed by atoms with Gasteiger partial charge in [0.2, 0.25) is 0 Å². The summed E-state index contributed by atoms with van der Waals surface area (Å²) in [6, 6.07) is 5.44. The van der Waals surface area contributed by atoms with E-state index in [0.29, 0.717) is 17.2 Å². The third-order valence-electron chi connectivity index (χ3n) is 3.09. The topological polar surface area (TPSA) is 63.6 Å². The summed E-state index contributed by atoms with van der Waals surface area (Å²) in [6.45, 7) is 5.74. The van der Waals surface area contributed by atoms with Gasteiger partial charge in [-0.3, -0.25) is 9.59 Å². The van der Waals surface area contributed by atoms with Crippen molar-refractivity contribution in [2.45, 2.75) is 33.1 Å². The van der Waals surface area contributed by atoms with Crippen LogP contribution in [0.3, 0.4) is 0 Å². The highest BCUT2D eigenvalue weighted by Crippen LogP contribution is 2.27. The van der Waals surface area contributed by atoms with E-state index in [0.717, 1.165) is 5.56 Å². The maximum absolute atomic E-state index is 12.2.